The van der Waals surface area contributed by atoms with Crippen LogP contribution in [-0.4, -0.2) is 21.5 Å². The molecule has 6 nitrogen and oxygen atoms in total. The molecule has 0 saturated carbocycles. The van der Waals surface area contributed by atoms with Crippen molar-refractivity contribution in [2.24, 2.45) is 0 Å². The summed E-state index contributed by atoms with van der Waals surface area (Å²) in [6, 6.07) is 5.44. The maximum atomic E-state index is 12.1. The lowest BCUT2D eigenvalue weighted by Gasteiger charge is -2.20. The standard InChI is InChI=1S/C17H21N3O3/c1-4-17(3)22-14-6-5-13(9-15(14)23-17)19-16(21)7-8-20-11-12(2)10-18-20/h5-6,9-11H,4,7-8H2,1-3H3,(H,19,21)/t17-/m0/s1. The van der Waals surface area contributed by atoms with Crippen LogP contribution in [0.15, 0.2) is 30.6 Å². The molecule has 6 heteroatoms. The number of nitrogens with zero attached hydrogens (tertiary/aromatic N) is 2. The van der Waals surface area contributed by atoms with E-state index >= 15 is 0 Å². The number of ether oxygens (including phenoxy) is 2. The Kier molecular flexibility index (Phi) is 3.98. The molecular weight excluding hydrogens is 294 g/mol. The van der Waals surface area contributed by atoms with Crippen LogP contribution in [0.2, 0.25) is 0 Å². The Morgan fingerprint density at radius 3 is 2.83 bits per heavy atom. The van der Waals surface area contributed by atoms with Crippen molar-refractivity contribution in [3.8, 4) is 11.5 Å². The molecule has 0 fully saturated rings. The molecule has 1 aromatic heterocycles. The first kappa shape index (κ1) is 15.4. The number of nitrogens with one attached hydrogen (secondary N) is 1. The molecule has 1 aliphatic rings. The van der Waals surface area contributed by atoms with Crippen LogP contribution in [0.5, 0.6) is 11.5 Å². The molecule has 2 heterocycles. The normalized spacial score (nSPS) is 18.9. The second-order valence-electron chi connectivity index (χ2n) is 5.93. The third-order valence-electron chi connectivity index (χ3n) is 3.85. The van der Waals surface area contributed by atoms with E-state index in [1.54, 1.807) is 16.9 Å². The summed E-state index contributed by atoms with van der Waals surface area (Å²) in [7, 11) is 0. The summed E-state index contributed by atoms with van der Waals surface area (Å²) < 4.78 is 13.3. The van der Waals surface area contributed by atoms with Crippen LogP contribution in [-0.2, 0) is 11.3 Å². The van der Waals surface area contributed by atoms with Crippen LogP contribution in [0.3, 0.4) is 0 Å². The van der Waals surface area contributed by atoms with E-state index in [1.807, 2.05) is 39.1 Å². The van der Waals surface area contributed by atoms with Crippen LogP contribution in [0, 0.1) is 6.92 Å². The minimum absolute atomic E-state index is 0.0599. The van der Waals surface area contributed by atoms with Crippen LogP contribution >= 0.6 is 0 Å². The Morgan fingerprint density at radius 2 is 2.13 bits per heavy atom. The highest BCUT2D eigenvalue weighted by atomic mass is 16.7. The molecule has 1 atom stereocenters. The van der Waals surface area contributed by atoms with Gasteiger partial charge in [-0.1, -0.05) is 6.92 Å². The summed E-state index contributed by atoms with van der Waals surface area (Å²) in [4.78, 5) is 12.1. The summed E-state index contributed by atoms with van der Waals surface area (Å²) in [5.74, 6) is 0.688. The summed E-state index contributed by atoms with van der Waals surface area (Å²) in [5, 5.41) is 7.05. The first-order valence-electron chi connectivity index (χ1n) is 7.78. The summed E-state index contributed by atoms with van der Waals surface area (Å²) in [5.41, 5.74) is 1.79. The molecule has 0 spiro atoms. The number of amides is 1. The number of rotatable bonds is 5. The van der Waals surface area contributed by atoms with E-state index in [1.165, 1.54) is 0 Å². The molecule has 1 N–H and O–H groups in total. The number of aromatic nitrogens is 2. The average Bonchev–Trinajstić information content (AvgIpc) is 3.08. The van der Waals surface area contributed by atoms with Gasteiger partial charge in [0.2, 0.25) is 11.7 Å². The summed E-state index contributed by atoms with van der Waals surface area (Å²) in [6.45, 7) is 6.43. The highest BCUT2D eigenvalue weighted by Crippen LogP contribution is 2.41. The molecule has 122 valence electrons. The van der Waals surface area contributed by atoms with Gasteiger partial charge in [0.25, 0.3) is 0 Å². The third-order valence-corrected chi connectivity index (χ3v) is 3.85. The van der Waals surface area contributed by atoms with Crippen molar-refractivity contribution in [1.82, 2.24) is 9.78 Å². The molecule has 0 radical (unpaired) electrons. The third kappa shape index (κ3) is 3.47. The van der Waals surface area contributed by atoms with Gasteiger partial charge in [0.15, 0.2) is 11.5 Å². The zero-order valence-corrected chi connectivity index (χ0v) is 13.6. The largest absolute Gasteiger partial charge is 0.449 e. The molecule has 1 aromatic carbocycles. The van der Waals surface area contributed by atoms with Gasteiger partial charge in [-0.05, 0) is 24.6 Å². The lowest BCUT2D eigenvalue weighted by molar-refractivity contribution is -0.116. The second-order valence-corrected chi connectivity index (χ2v) is 5.93. The minimum atomic E-state index is -0.622. The number of anilines is 1. The first-order chi connectivity index (χ1) is 11.0. The van der Waals surface area contributed by atoms with E-state index < -0.39 is 5.79 Å². The minimum Gasteiger partial charge on any atom is -0.449 e. The molecule has 3 rings (SSSR count). The van der Waals surface area contributed by atoms with Crippen LogP contribution in [0.4, 0.5) is 5.69 Å². The highest BCUT2D eigenvalue weighted by Gasteiger charge is 2.34. The fourth-order valence-corrected chi connectivity index (χ4v) is 2.41. The molecule has 2 aromatic rings. The maximum absolute atomic E-state index is 12.1. The van der Waals surface area contributed by atoms with E-state index in [0.717, 1.165) is 12.0 Å². The molecule has 1 aliphatic heterocycles. The molecule has 1 amide bonds. The number of fused-ring (bicyclic) bond motifs is 1. The van der Waals surface area contributed by atoms with Crippen molar-refractivity contribution in [2.45, 2.75) is 45.9 Å². The van der Waals surface area contributed by atoms with Crippen molar-refractivity contribution in [2.75, 3.05) is 5.32 Å². The second kappa shape index (κ2) is 5.95. The smallest absolute Gasteiger partial charge is 0.248 e. The van der Waals surface area contributed by atoms with Crippen LogP contribution in [0.25, 0.3) is 0 Å². The number of hydrogen-bond acceptors (Lipinski definition) is 4. The van der Waals surface area contributed by atoms with E-state index in [9.17, 15) is 4.79 Å². The van der Waals surface area contributed by atoms with Gasteiger partial charge in [0.1, 0.15) is 0 Å². The molecule has 0 bridgehead atoms. The van der Waals surface area contributed by atoms with Crippen molar-refractivity contribution in [3.63, 3.8) is 0 Å². The number of carbonyl (C=O) groups excluding carboxylic acids is 1. The van der Waals surface area contributed by atoms with Gasteiger partial charge >= 0.3 is 0 Å². The van der Waals surface area contributed by atoms with E-state index in [4.69, 9.17) is 9.47 Å². The topological polar surface area (TPSA) is 65.4 Å². The number of carbonyl (C=O) groups is 1. The zero-order valence-electron chi connectivity index (χ0n) is 13.6. The fourth-order valence-electron chi connectivity index (χ4n) is 2.41. The van der Waals surface area contributed by atoms with Crippen molar-refractivity contribution >= 4 is 11.6 Å². The number of aryl methyl sites for hydroxylation is 2. The predicted octanol–water partition coefficient (Wildman–Crippen LogP) is 3.12. The van der Waals surface area contributed by atoms with Crippen LogP contribution in [0.1, 0.15) is 32.3 Å². The summed E-state index contributed by atoms with van der Waals surface area (Å²) >= 11 is 0. The quantitative estimate of drug-likeness (QED) is 0.920. The molecule has 23 heavy (non-hydrogen) atoms. The Hall–Kier alpha value is -2.50. The average molecular weight is 315 g/mol. The van der Waals surface area contributed by atoms with E-state index in [-0.39, 0.29) is 5.91 Å². The fraction of sp³-hybridized carbons (Fsp3) is 0.412. The number of benzene rings is 1. The maximum Gasteiger partial charge on any atom is 0.248 e. The summed E-state index contributed by atoms with van der Waals surface area (Å²) in [6.07, 6.45) is 4.80. The molecule has 0 saturated heterocycles. The lowest BCUT2D eigenvalue weighted by atomic mass is 10.2. The van der Waals surface area contributed by atoms with Gasteiger partial charge in [-0.3, -0.25) is 9.48 Å². The van der Waals surface area contributed by atoms with Crippen molar-refractivity contribution < 1.29 is 14.3 Å². The SMILES string of the molecule is CC[C@@]1(C)Oc2ccc(NC(=O)CCn3cc(C)cn3)cc2O1. The predicted molar refractivity (Wildman–Crippen MR) is 86.6 cm³/mol. The van der Waals surface area contributed by atoms with Gasteiger partial charge in [0.05, 0.1) is 6.20 Å². The Balaban J connectivity index is 1.59. The molecule has 0 aliphatic carbocycles. The highest BCUT2D eigenvalue weighted by molar-refractivity contribution is 5.91. The Morgan fingerprint density at radius 1 is 1.35 bits per heavy atom. The molecular formula is C17H21N3O3. The van der Waals surface area contributed by atoms with E-state index in [0.29, 0.717) is 30.2 Å². The monoisotopic (exact) mass is 315 g/mol. The molecule has 0 unspecified atom stereocenters. The van der Waals surface area contributed by atoms with Gasteiger partial charge in [-0.2, -0.15) is 5.10 Å². The Bertz CT molecular complexity index is 726. The Labute approximate surface area is 135 Å². The van der Waals surface area contributed by atoms with Gasteiger partial charge in [-0.15, -0.1) is 0 Å². The van der Waals surface area contributed by atoms with Gasteiger partial charge < -0.3 is 14.8 Å². The zero-order chi connectivity index (χ0) is 16.4. The van der Waals surface area contributed by atoms with Gasteiger partial charge in [0, 0.05) is 44.3 Å². The van der Waals surface area contributed by atoms with E-state index in [2.05, 4.69) is 10.4 Å². The van der Waals surface area contributed by atoms with Crippen molar-refractivity contribution in [1.29, 1.82) is 0 Å². The number of hydrogen-bond donors (Lipinski definition) is 1. The van der Waals surface area contributed by atoms with Crippen molar-refractivity contribution in [3.05, 3.63) is 36.2 Å². The first-order valence-corrected chi connectivity index (χ1v) is 7.78. The van der Waals surface area contributed by atoms with Crippen LogP contribution < -0.4 is 14.8 Å². The van der Waals surface area contributed by atoms with Gasteiger partial charge in [-0.25, -0.2) is 0 Å². The lowest BCUT2D eigenvalue weighted by Crippen LogP contribution is -2.33.